The van der Waals surface area contributed by atoms with Crippen molar-refractivity contribution in [1.82, 2.24) is 20.0 Å². The normalized spacial score (nSPS) is 16.1. The molecule has 1 amide bonds. The van der Waals surface area contributed by atoms with E-state index in [1.54, 1.807) is 16.9 Å². The fourth-order valence-electron chi connectivity index (χ4n) is 2.98. The van der Waals surface area contributed by atoms with Gasteiger partial charge in [-0.15, -0.1) is 0 Å². The summed E-state index contributed by atoms with van der Waals surface area (Å²) in [5, 5.41) is 21.3. The second-order valence-corrected chi connectivity index (χ2v) is 6.28. The van der Waals surface area contributed by atoms with E-state index in [1.807, 2.05) is 13.8 Å². The zero-order valence-corrected chi connectivity index (χ0v) is 14.5. The van der Waals surface area contributed by atoms with Gasteiger partial charge < -0.3 is 4.74 Å². The van der Waals surface area contributed by atoms with E-state index in [0.717, 1.165) is 18.5 Å². The number of nitrogens with zero attached hydrogens (tertiary/aromatic N) is 6. The molecule has 2 aromatic rings. The van der Waals surface area contributed by atoms with Crippen LogP contribution >= 0.6 is 0 Å². The number of carbonyl (C=O) groups is 1. The number of amides is 1. The van der Waals surface area contributed by atoms with Gasteiger partial charge in [0.2, 0.25) is 0 Å². The molecule has 0 aliphatic heterocycles. The molecule has 130 valence electrons. The molecule has 1 atom stereocenters. The Balaban J connectivity index is 1.91. The summed E-state index contributed by atoms with van der Waals surface area (Å²) >= 11 is 0. The molecule has 8 nitrogen and oxygen atoms in total. The van der Waals surface area contributed by atoms with Gasteiger partial charge in [0.25, 0.3) is 5.91 Å². The highest BCUT2D eigenvalue weighted by Gasteiger charge is 2.49. The Hall–Kier alpha value is -2.79. The van der Waals surface area contributed by atoms with Gasteiger partial charge >= 0.3 is 0 Å². The minimum absolute atomic E-state index is 0.0717. The second kappa shape index (κ2) is 6.61. The van der Waals surface area contributed by atoms with Gasteiger partial charge in [0.05, 0.1) is 47.4 Å². The number of aromatic nitrogens is 4. The van der Waals surface area contributed by atoms with Crippen LogP contribution in [0, 0.1) is 23.7 Å². The average molecular weight is 340 g/mol. The van der Waals surface area contributed by atoms with Gasteiger partial charge in [-0.25, -0.2) is 0 Å². The number of anilines is 1. The Morgan fingerprint density at radius 1 is 1.48 bits per heavy atom. The lowest BCUT2D eigenvalue weighted by Gasteiger charge is -2.22. The molecular formula is C17H20N6O2. The zero-order chi connectivity index (χ0) is 18.0. The van der Waals surface area contributed by atoms with Crippen molar-refractivity contribution in [3.8, 4) is 6.07 Å². The standard InChI is InChI=1S/C17H20N6O2/c1-12-15(9-21-23(12)13(2)17(10-18)5-6-17)16(24)22(11-25-3)14-4-7-19-20-8-14/h4,7-9,13H,5-6,11H2,1-3H3. The van der Waals surface area contributed by atoms with Crippen LogP contribution in [0.5, 0.6) is 0 Å². The van der Waals surface area contributed by atoms with Crippen molar-refractivity contribution in [1.29, 1.82) is 5.26 Å². The van der Waals surface area contributed by atoms with Gasteiger partial charge in [-0.05, 0) is 32.8 Å². The van der Waals surface area contributed by atoms with Gasteiger partial charge in [0, 0.05) is 12.8 Å². The molecule has 0 spiro atoms. The summed E-state index contributed by atoms with van der Waals surface area (Å²) < 4.78 is 6.94. The van der Waals surface area contributed by atoms with Crippen LogP contribution in [0.2, 0.25) is 0 Å². The summed E-state index contributed by atoms with van der Waals surface area (Å²) in [6, 6.07) is 4.02. The molecule has 0 N–H and O–H groups in total. The van der Waals surface area contributed by atoms with E-state index in [9.17, 15) is 10.1 Å². The summed E-state index contributed by atoms with van der Waals surface area (Å²) in [5.41, 5.74) is 1.45. The van der Waals surface area contributed by atoms with Gasteiger partial charge in [-0.1, -0.05) is 0 Å². The third-order valence-corrected chi connectivity index (χ3v) is 4.84. The SMILES string of the molecule is COCN(C(=O)c1cnn(C(C)C2(C#N)CC2)c1C)c1ccnnc1. The third kappa shape index (κ3) is 2.98. The molecule has 25 heavy (non-hydrogen) atoms. The van der Waals surface area contributed by atoms with Crippen LogP contribution in [-0.2, 0) is 4.74 Å². The molecule has 8 heteroatoms. The molecule has 0 bridgehead atoms. The maximum Gasteiger partial charge on any atom is 0.263 e. The van der Waals surface area contributed by atoms with Crippen molar-refractivity contribution in [3.05, 3.63) is 35.9 Å². The highest BCUT2D eigenvalue weighted by atomic mass is 16.5. The van der Waals surface area contributed by atoms with Crippen molar-refractivity contribution in [3.63, 3.8) is 0 Å². The van der Waals surface area contributed by atoms with E-state index in [1.165, 1.54) is 24.4 Å². The van der Waals surface area contributed by atoms with Gasteiger partial charge in [0.15, 0.2) is 0 Å². The van der Waals surface area contributed by atoms with Crippen LogP contribution in [0.1, 0.15) is 41.9 Å². The van der Waals surface area contributed by atoms with Crippen LogP contribution in [0.25, 0.3) is 0 Å². The molecule has 2 aromatic heterocycles. The van der Waals surface area contributed by atoms with Gasteiger partial charge in [0.1, 0.15) is 6.73 Å². The molecule has 0 saturated heterocycles. The second-order valence-electron chi connectivity index (χ2n) is 6.28. The lowest BCUT2D eigenvalue weighted by Crippen LogP contribution is -2.33. The van der Waals surface area contributed by atoms with Crippen LogP contribution < -0.4 is 4.90 Å². The van der Waals surface area contributed by atoms with Crippen LogP contribution in [0.4, 0.5) is 5.69 Å². The van der Waals surface area contributed by atoms with Crippen molar-refractivity contribution in [2.75, 3.05) is 18.7 Å². The largest absolute Gasteiger partial charge is 0.364 e. The molecule has 1 saturated carbocycles. The van der Waals surface area contributed by atoms with Crippen molar-refractivity contribution in [2.45, 2.75) is 32.7 Å². The third-order valence-electron chi connectivity index (χ3n) is 4.84. The van der Waals surface area contributed by atoms with Gasteiger partial charge in [-0.3, -0.25) is 14.4 Å². The van der Waals surface area contributed by atoms with E-state index >= 15 is 0 Å². The van der Waals surface area contributed by atoms with Crippen molar-refractivity contribution < 1.29 is 9.53 Å². The molecule has 1 aliphatic rings. The molecular weight excluding hydrogens is 320 g/mol. The highest BCUT2D eigenvalue weighted by Crippen LogP contribution is 2.53. The number of ether oxygens (including phenoxy) is 1. The van der Waals surface area contributed by atoms with Crippen LogP contribution in [-0.4, -0.2) is 39.7 Å². The Labute approximate surface area is 146 Å². The first-order valence-corrected chi connectivity index (χ1v) is 8.07. The van der Waals surface area contributed by atoms with E-state index in [4.69, 9.17) is 4.74 Å². The first-order chi connectivity index (χ1) is 12.0. The van der Waals surface area contributed by atoms with Crippen molar-refractivity contribution in [2.24, 2.45) is 5.41 Å². The molecule has 2 heterocycles. The van der Waals surface area contributed by atoms with E-state index in [2.05, 4.69) is 21.4 Å². The van der Waals surface area contributed by atoms with E-state index in [0.29, 0.717) is 11.3 Å². The van der Waals surface area contributed by atoms with Crippen molar-refractivity contribution >= 4 is 11.6 Å². The Morgan fingerprint density at radius 2 is 2.24 bits per heavy atom. The van der Waals surface area contributed by atoms with Crippen LogP contribution in [0.3, 0.4) is 0 Å². The molecule has 0 radical (unpaired) electrons. The predicted molar refractivity (Wildman–Crippen MR) is 89.7 cm³/mol. The number of methoxy groups -OCH3 is 1. The fourth-order valence-corrected chi connectivity index (χ4v) is 2.98. The fraction of sp³-hybridized carbons (Fsp3) is 0.471. The maximum absolute atomic E-state index is 13.0. The maximum atomic E-state index is 13.0. The van der Waals surface area contributed by atoms with E-state index in [-0.39, 0.29) is 24.1 Å². The topological polar surface area (TPSA) is 96.9 Å². The number of carbonyl (C=O) groups excluding carboxylic acids is 1. The number of rotatable bonds is 6. The van der Waals surface area contributed by atoms with Crippen LogP contribution in [0.15, 0.2) is 24.7 Å². The summed E-state index contributed by atoms with van der Waals surface area (Å²) in [4.78, 5) is 14.5. The molecule has 0 aromatic carbocycles. The zero-order valence-electron chi connectivity index (χ0n) is 14.5. The average Bonchev–Trinajstić information content (AvgIpc) is 3.35. The monoisotopic (exact) mass is 340 g/mol. The smallest absolute Gasteiger partial charge is 0.263 e. The quantitative estimate of drug-likeness (QED) is 0.747. The summed E-state index contributed by atoms with van der Waals surface area (Å²) in [7, 11) is 1.52. The predicted octanol–water partition coefficient (Wildman–Crippen LogP) is 2.10. The summed E-state index contributed by atoms with van der Waals surface area (Å²) in [5.74, 6) is -0.229. The highest BCUT2D eigenvalue weighted by molar-refractivity contribution is 6.06. The minimum atomic E-state index is -0.363. The number of nitriles is 1. The number of hydrogen-bond acceptors (Lipinski definition) is 6. The summed E-state index contributed by atoms with van der Waals surface area (Å²) in [6.07, 6.45) is 6.32. The Morgan fingerprint density at radius 3 is 2.80 bits per heavy atom. The van der Waals surface area contributed by atoms with Gasteiger partial charge in [-0.2, -0.15) is 20.6 Å². The van der Waals surface area contributed by atoms with E-state index < -0.39 is 0 Å². The number of hydrogen-bond donors (Lipinski definition) is 0. The first kappa shape index (κ1) is 17.0. The lowest BCUT2D eigenvalue weighted by molar-refractivity contribution is 0.0935. The Bertz CT molecular complexity index is 806. The molecule has 3 rings (SSSR count). The summed E-state index contributed by atoms with van der Waals surface area (Å²) in [6.45, 7) is 3.91. The molecule has 1 aliphatic carbocycles. The molecule has 1 unspecified atom stereocenters. The lowest BCUT2D eigenvalue weighted by atomic mass is 10.00. The minimum Gasteiger partial charge on any atom is -0.364 e. The Kier molecular flexibility index (Phi) is 4.51. The first-order valence-electron chi connectivity index (χ1n) is 8.07. The molecule has 1 fully saturated rings.